The Balaban J connectivity index is 0.000000169. The standard InChI is InChI=1S/C11H16.C10H16.C6H10.C5H10.C2H4.2CH4/c1-9-3-6-10-4-2-5-11(10,7-9)8-10;1-8-5-9-3-2-4-10(9,6-8)7-9;1-6-4-2-3-5-6;1-5-3-2-4-5;1-2;;/h3H,2,4-8H2,1H3;8H,2-7H2,1H3;4H,2-3,5H2,1H3;5H,2-4H2,1H3;1-2H2;2*1H4. The highest BCUT2D eigenvalue weighted by Gasteiger charge is 2.72. The van der Waals surface area contributed by atoms with Crippen LogP contribution >= 0.6 is 0 Å². The second kappa shape index (κ2) is 12.4. The summed E-state index contributed by atoms with van der Waals surface area (Å²) in [5, 5.41) is 0. The van der Waals surface area contributed by atoms with Crippen LogP contribution in [-0.4, -0.2) is 0 Å². The van der Waals surface area contributed by atoms with E-state index in [9.17, 15) is 0 Å². The Hall–Kier alpha value is -0.780. The summed E-state index contributed by atoms with van der Waals surface area (Å²) in [4.78, 5) is 0. The Kier molecular flexibility index (Phi) is 10.8. The van der Waals surface area contributed by atoms with Crippen molar-refractivity contribution in [3.05, 3.63) is 36.5 Å². The summed E-state index contributed by atoms with van der Waals surface area (Å²) in [6.45, 7) is 15.3. The molecule has 0 aromatic rings. The molecule has 0 heterocycles. The second-order valence-electron chi connectivity index (χ2n) is 14.1. The number of rotatable bonds is 0. The first-order valence-corrected chi connectivity index (χ1v) is 15.1. The van der Waals surface area contributed by atoms with E-state index in [2.05, 4.69) is 53.0 Å². The van der Waals surface area contributed by atoms with Crippen LogP contribution in [0.4, 0.5) is 0 Å². The van der Waals surface area contributed by atoms with Gasteiger partial charge < -0.3 is 0 Å². The first-order valence-electron chi connectivity index (χ1n) is 15.1. The van der Waals surface area contributed by atoms with E-state index in [1.165, 1.54) is 70.6 Å². The minimum absolute atomic E-state index is 0. The minimum atomic E-state index is 0. The van der Waals surface area contributed by atoms with Gasteiger partial charge in [-0.05, 0) is 131 Å². The molecule has 8 aliphatic rings. The van der Waals surface area contributed by atoms with Gasteiger partial charge in [0.2, 0.25) is 0 Å². The lowest BCUT2D eigenvalue weighted by molar-refractivity contribution is 0.346. The fourth-order valence-corrected chi connectivity index (χ4v) is 9.49. The van der Waals surface area contributed by atoms with Crippen molar-refractivity contribution in [3.63, 3.8) is 0 Å². The molecular formula is C36H64. The lowest BCUT2D eigenvalue weighted by atomic mass is 9.83. The average molecular weight is 497 g/mol. The van der Waals surface area contributed by atoms with Gasteiger partial charge in [-0.25, -0.2) is 0 Å². The van der Waals surface area contributed by atoms with Gasteiger partial charge in [0.25, 0.3) is 0 Å². The summed E-state index contributed by atoms with van der Waals surface area (Å²) in [6.07, 6.45) is 31.8. The molecule has 6 fully saturated rings. The molecule has 0 N–H and O–H groups in total. The lowest BCUT2D eigenvalue weighted by Gasteiger charge is -2.22. The zero-order chi connectivity index (χ0) is 24.5. The summed E-state index contributed by atoms with van der Waals surface area (Å²) >= 11 is 0. The van der Waals surface area contributed by atoms with E-state index in [0.29, 0.717) is 0 Å². The highest BCUT2D eigenvalue weighted by molar-refractivity contribution is 5.28. The van der Waals surface area contributed by atoms with Crippen LogP contribution in [0.2, 0.25) is 0 Å². The molecule has 0 amide bonds. The Morgan fingerprint density at radius 3 is 1.64 bits per heavy atom. The second-order valence-corrected chi connectivity index (χ2v) is 14.1. The van der Waals surface area contributed by atoms with E-state index in [4.69, 9.17) is 0 Å². The van der Waals surface area contributed by atoms with Crippen molar-refractivity contribution < 1.29 is 0 Å². The Morgan fingerprint density at radius 1 is 0.667 bits per heavy atom. The molecule has 0 spiro atoms. The average Bonchev–Trinajstić information content (AvgIpc) is 3.19. The molecule has 208 valence electrons. The Morgan fingerprint density at radius 2 is 1.19 bits per heavy atom. The van der Waals surface area contributed by atoms with Crippen LogP contribution in [0.1, 0.15) is 158 Å². The SMILES string of the molecule is C.C.C=C.CC1=CCC23CCCC2(C1)C3.CC1=CCCC1.CC1CC23CCCC2(C1)C3.CC1CCC1. The minimum Gasteiger partial charge on any atom is -0.106 e. The molecule has 4 unspecified atom stereocenters. The lowest BCUT2D eigenvalue weighted by Crippen LogP contribution is -2.11. The molecule has 0 aromatic carbocycles. The monoisotopic (exact) mass is 497 g/mol. The molecular weight excluding hydrogens is 432 g/mol. The van der Waals surface area contributed by atoms with Crippen molar-refractivity contribution >= 4 is 0 Å². The van der Waals surface area contributed by atoms with Crippen molar-refractivity contribution in [1.82, 2.24) is 0 Å². The molecule has 4 atom stereocenters. The Bertz CT molecular complexity index is 741. The van der Waals surface area contributed by atoms with Crippen LogP contribution in [0.25, 0.3) is 0 Å². The van der Waals surface area contributed by atoms with Gasteiger partial charge in [-0.3, -0.25) is 0 Å². The first-order chi connectivity index (χ1) is 16.3. The summed E-state index contributed by atoms with van der Waals surface area (Å²) in [7, 11) is 0. The molecule has 0 radical (unpaired) electrons. The van der Waals surface area contributed by atoms with Gasteiger partial charge in [0.05, 0.1) is 0 Å². The predicted octanol–water partition coefficient (Wildman–Crippen LogP) is 12.3. The van der Waals surface area contributed by atoms with Gasteiger partial charge in [-0.15, -0.1) is 13.2 Å². The van der Waals surface area contributed by atoms with Crippen LogP contribution in [0.15, 0.2) is 36.5 Å². The van der Waals surface area contributed by atoms with Crippen LogP contribution in [0, 0.1) is 33.5 Å². The summed E-state index contributed by atoms with van der Waals surface area (Å²) in [5.74, 6) is 2.13. The van der Waals surface area contributed by atoms with Crippen LogP contribution in [-0.2, 0) is 0 Å². The van der Waals surface area contributed by atoms with E-state index in [-0.39, 0.29) is 14.9 Å². The van der Waals surface area contributed by atoms with Crippen molar-refractivity contribution in [3.8, 4) is 0 Å². The summed E-state index contributed by atoms with van der Waals surface area (Å²) in [6, 6.07) is 0. The zero-order valence-corrected chi connectivity index (χ0v) is 23.5. The van der Waals surface area contributed by atoms with E-state index in [0.717, 1.165) is 33.5 Å². The molecule has 0 heteroatoms. The first kappa shape index (κ1) is 31.4. The van der Waals surface area contributed by atoms with Crippen molar-refractivity contribution in [2.75, 3.05) is 0 Å². The number of hydrogen-bond acceptors (Lipinski definition) is 0. The summed E-state index contributed by atoms with van der Waals surface area (Å²) in [5.41, 5.74) is 6.77. The topological polar surface area (TPSA) is 0 Å². The smallest absolute Gasteiger partial charge is 0.0195 e. The number of allylic oxidation sites excluding steroid dienone is 4. The maximum absolute atomic E-state index is 3.00. The normalized spacial score (nSPS) is 41.2. The molecule has 0 aliphatic heterocycles. The molecule has 6 saturated carbocycles. The third-order valence-electron chi connectivity index (χ3n) is 11.6. The third kappa shape index (κ3) is 6.10. The molecule has 0 nitrogen and oxygen atoms in total. The van der Waals surface area contributed by atoms with Crippen LogP contribution in [0.5, 0.6) is 0 Å². The third-order valence-corrected chi connectivity index (χ3v) is 11.6. The van der Waals surface area contributed by atoms with Crippen LogP contribution in [0.3, 0.4) is 0 Å². The molecule has 0 aromatic heterocycles. The quantitative estimate of drug-likeness (QED) is 0.292. The van der Waals surface area contributed by atoms with Gasteiger partial charge in [0, 0.05) is 0 Å². The van der Waals surface area contributed by atoms with Gasteiger partial charge in [-0.2, -0.15) is 0 Å². The highest BCUT2D eigenvalue weighted by Crippen LogP contribution is 2.82. The van der Waals surface area contributed by atoms with Gasteiger partial charge in [0.1, 0.15) is 0 Å². The maximum Gasteiger partial charge on any atom is -0.0195 e. The molecule has 36 heavy (non-hydrogen) atoms. The fraction of sp³-hybridized carbons (Fsp3) is 0.833. The summed E-state index contributed by atoms with van der Waals surface area (Å²) < 4.78 is 0. The van der Waals surface area contributed by atoms with E-state index in [1.807, 2.05) is 0 Å². The van der Waals surface area contributed by atoms with Crippen LogP contribution < -0.4 is 0 Å². The van der Waals surface area contributed by atoms with E-state index in [1.54, 1.807) is 56.1 Å². The van der Waals surface area contributed by atoms with Crippen molar-refractivity contribution in [2.24, 2.45) is 33.5 Å². The van der Waals surface area contributed by atoms with Gasteiger partial charge >= 0.3 is 0 Å². The largest absolute Gasteiger partial charge is 0.106 e. The fourth-order valence-electron chi connectivity index (χ4n) is 9.49. The van der Waals surface area contributed by atoms with Crippen molar-refractivity contribution in [2.45, 2.75) is 158 Å². The van der Waals surface area contributed by atoms with E-state index < -0.39 is 0 Å². The highest BCUT2D eigenvalue weighted by atomic mass is 14.8. The molecule has 8 rings (SSSR count). The molecule has 0 bridgehead atoms. The zero-order valence-electron chi connectivity index (χ0n) is 23.5. The van der Waals surface area contributed by atoms with Crippen molar-refractivity contribution in [1.29, 1.82) is 0 Å². The molecule has 0 saturated heterocycles. The predicted molar refractivity (Wildman–Crippen MR) is 163 cm³/mol. The van der Waals surface area contributed by atoms with E-state index >= 15 is 0 Å². The maximum atomic E-state index is 3.00. The van der Waals surface area contributed by atoms with Gasteiger partial charge in [0.15, 0.2) is 0 Å². The Labute approximate surface area is 227 Å². The molecule has 8 aliphatic carbocycles. The number of hydrogen-bond donors (Lipinski definition) is 0. The van der Waals surface area contributed by atoms with Gasteiger partial charge in [-0.1, -0.05) is 84.1 Å².